The van der Waals surface area contributed by atoms with Crippen LogP contribution >= 0.6 is 0 Å². The summed E-state index contributed by atoms with van der Waals surface area (Å²) in [5.74, 6) is 0.580. The molecule has 2 heterocycles. The Kier molecular flexibility index (Phi) is 6.15. The highest BCUT2D eigenvalue weighted by Gasteiger charge is 2.38. The lowest BCUT2D eigenvalue weighted by molar-refractivity contribution is 0.157. The molecule has 3 aromatic rings. The summed E-state index contributed by atoms with van der Waals surface area (Å²) in [7, 11) is 2.28. The summed E-state index contributed by atoms with van der Waals surface area (Å²) >= 11 is 0. The Balaban J connectivity index is 1.61. The lowest BCUT2D eigenvalue weighted by atomic mass is 9.74. The molecule has 33 heavy (non-hydrogen) atoms. The number of amides is 2. The standard InChI is InChI=1S/C28H36N4O/c1-4-31(5-2)28(33)29-32-24(17-16-20-11-7-6-8-12-20)23-19-26-21(14-10-18-30(26)3)22-13-9-15-25(32)27(22)23/h6-9,11-13,15,21,26H,4-5,10,14,16-19H2,1-3H3,(H,29,33)/t21-,26-/m1/s1. The highest BCUT2D eigenvalue weighted by molar-refractivity contribution is 5.93. The van der Waals surface area contributed by atoms with Crippen LogP contribution in [0.3, 0.4) is 0 Å². The molecule has 174 valence electrons. The van der Waals surface area contributed by atoms with Crippen molar-refractivity contribution < 1.29 is 4.79 Å². The lowest BCUT2D eigenvalue weighted by Crippen LogP contribution is -2.44. The van der Waals surface area contributed by atoms with Crippen molar-refractivity contribution in [3.8, 4) is 0 Å². The van der Waals surface area contributed by atoms with Gasteiger partial charge in [-0.15, -0.1) is 0 Å². The minimum absolute atomic E-state index is 0.0244. The maximum Gasteiger partial charge on any atom is 0.336 e. The number of fused-ring (bicyclic) bond motifs is 2. The van der Waals surface area contributed by atoms with Crippen LogP contribution in [0.15, 0.2) is 48.5 Å². The number of carbonyl (C=O) groups excluding carboxylic acids is 1. The quantitative estimate of drug-likeness (QED) is 0.570. The lowest BCUT2D eigenvalue weighted by Gasteiger charge is -2.42. The van der Waals surface area contributed by atoms with Gasteiger partial charge in [0.05, 0.1) is 5.52 Å². The maximum atomic E-state index is 13.1. The topological polar surface area (TPSA) is 40.5 Å². The zero-order chi connectivity index (χ0) is 22.9. The molecular formula is C28H36N4O. The van der Waals surface area contributed by atoms with Crippen molar-refractivity contribution in [2.45, 2.75) is 57.9 Å². The first kappa shape index (κ1) is 22.0. The fraction of sp³-hybridized carbons (Fsp3) is 0.464. The molecule has 1 N–H and O–H groups in total. The van der Waals surface area contributed by atoms with E-state index in [4.69, 9.17) is 0 Å². The number of nitrogens with one attached hydrogen (secondary N) is 1. The largest absolute Gasteiger partial charge is 0.336 e. The summed E-state index contributed by atoms with van der Waals surface area (Å²) in [6, 6.07) is 17.9. The van der Waals surface area contributed by atoms with E-state index in [0.717, 1.165) is 24.8 Å². The maximum absolute atomic E-state index is 13.1. The molecule has 1 aliphatic heterocycles. The Morgan fingerprint density at radius 3 is 2.61 bits per heavy atom. The number of benzene rings is 2. The summed E-state index contributed by atoms with van der Waals surface area (Å²) in [6.45, 7) is 6.64. The van der Waals surface area contributed by atoms with E-state index in [0.29, 0.717) is 25.0 Å². The number of hydrogen-bond donors (Lipinski definition) is 1. The van der Waals surface area contributed by atoms with Gasteiger partial charge in [0.2, 0.25) is 0 Å². The second kappa shape index (κ2) is 9.22. The smallest absolute Gasteiger partial charge is 0.324 e. The van der Waals surface area contributed by atoms with Gasteiger partial charge >= 0.3 is 6.03 Å². The van der Waals surface area contributed by atoms with Gasteiger partial charge in [0.15, 0.2) is 0 Å². The number of hydrogen-bond acceptors (Lipinski definition) is 2. The van der Waals surface area contributed by atoms with Gasteiger partial charge in [0, 0.05) is 36.1 Å². The van der Waals surface area contributed by atoms with Crippen LogP contribution < -0.4 is 5.43 Å². The van der Waals surface area contributed by atoms with Crippen molar-refractivity contribution in [1.29, 1.82) is 0 Å². The number of urea groups is 1. The van der Waals surface area contributed by atoms with Gasteiger partial charge in [-0.2, -0.15) is 0 Å². The van der Waals surface area contributed by atoms with Gasteiger partial charge in [0.25, 0.3) is 0 Å². The number of rotatable bonds is 6. The minimum atomic E-state index is -0.0244. The van der Waals surface area contributed by atoms with Crippen molar-refractivity contribution in [2.24, 2.45) is 0 Å². The zero-order valence-electron chi connectivity index (χ0n) is 20.2. The monoisotopic (exact) mass is 444 g/mol. The van der Waals surface area contributed by atoms with Gasteiger partial charge in [-0.05, 0) is 82.3 Å². The molecule has 5 rings (SSSR count). The predicted molar refractivity (Wildman–Crippen MR) is 136 cm³/mol. The van der Waals surface area contributed by atoms with Gasteiger partial charge in [-0.3, -0.25) is 4.68 Å². The van der Waals surface area contributed by atoms with E-state index < -0.39 is 0 Å². The second-order valence-electron chi connectivity index (χ2n) is 9.58. The molecule has 5 nitrogen and oxygen atoms in total. The number of likely N-dealkylation sites (tertiary alicyclic amines) is 1. The molecule has 2 aromatic carbocycles. The minimum Gasteiger partial charge on any atom is -0.324 e. The highest BCUT2D eigenvalue weighted by Crippen LogP contribution is 2.45. The third-order valence-electron chi connectivity index (χ3n) is 7.86. The highest BCUT2D eigenvalue weighted by atomic mass is 16.2. The molecule has 1 saturated heterocycles. The van der Waals surface area contributed by atoms with Crippen LogP contribution in [-0.2, 0) is 19.3 Å². The summed E-state index contributed by atoms with van der Waals surface area (Å²) in [4.78, 5) is 17.5. The second-order valence-corrected chi connectivity index (χ2v) is 9.58. The van der Waals surface area contributed by atoms with Crippen LogP contribution in [0, 0.1) is 0 Å². The van der Waals surface area contributed by atoms with E-state index in [1.54, 1.807) is 0 Å². The Morgan fingerprint density at radius 1 is 1.06 bits per heavy atom. The fourth-order valence-corrected chi connectivity index (χ4v) is 6.10. The number of likely N-dealkylation sites (N-methyl/N-ethyl adjacent to an activating group) is 1. The average molecular weight is 445 g/mol. The summed E-state index contributed by atoms with van der Waals surface area (Å²) in [6.07, 6.45) is 5.44. The van der Waals surface area contributed by atoms with E-state index >= 15 is 0 Å². The Hall–Kier alpha value is -2.79. The van der Waals surface area contributed by atoms with Gasteiger partial charge in [-0.25, -0.2) is 10.2 Å². The van der Waals surface area contributed by atoms with Crippen molar-refractivity contribution >= 4 is 16.9 Å². The first-order valence-electron chi connectivity index (χ1n) is 12.6. The molecule has 0 unspecified atom stereocenters. The number of nitrogens with zero attached hydrogens (tertiary/aromatic N) is 3. The van der Waals surface area contributed by atoms with Crippen LogP contribution in [0.2, 0.25) is 0 Å². The Bertz CT molecular complexity index is 1130. The first-order chi connectivity index (χ1) is 16.1. The molecule has 1 aromatic heterocycles. The summed E-state index contributed by atoms with van der Waals surface area (Å²) in [5.41, 5.74) is 9.94. The SMILES string of the molecule is CCN(CC)C(=O)Nn1c(CCc2ccccc2)c2c3c(cccc31)[C@H]1CCCN(C)[C@@H]1C2. The number of aryl methyl sites for hydroxylation is 1. The molecule has 5 heteroatoms. The van der Waals surface area contributed by atoms with E-state index in [-0.39, 0.29) is 6.03 Å². The van der Waals surface area contributed by atoms with Crippen molar-refractivity contribution in [3.05, 3.63) is 70.9 Å². The third kappa shape index (κ3) is 3.93. The van der Waals surface area contributed by atoms with E-state index in [2.05, 4.69) is 70.6 Å². The molecule has 2 amide bonds. The van der Waals surface area contributed by atoms with E-state index in [1.807, 2.05) is 18.7 Å². The molecule has 0 saturated carbocycles. The Morgan fingerprint density at radius 2 is 1.85 bits per heavy atom. The molecule has 0 spiro atoms. The molecular weight excluding hydrogens is 408 g/mol. The van der Waals surface area contributed by atoms with Crippen molar-refractivity contribution in [3.63, 3.8) is 0 Å². The van der Waals surface area contributed by atoms with Crippen molar-refractivity contribution in [1.82, 2.24) is 14.5 Å². The molecule has 2 aliphatic rings. The Labute approximate surface area is 197 Å². The first-order valence-corrected chi connectivity index (χ1v) is 12.6. The summed E-state index contributed by atoms with van der Waals surface area (Å²) < 4.78 is 2.12. The van der Waals surface area contributed by atoms with Crippen LogP contribution in [0.1, 0.15) is 55.0 Å². The number of aromatic nitrogens is 1. The van der Waals surface area contributed by atoms with Crippen molar-refractivity contribution in [2.75, 3.05) is 32.1 Å². The molecule has 1 fully saturated rings. The van der Waals surface area contributed by atoms with Gasteiger partial charge < -0.3 is 9.80 Å². The van der Waals surface area contributed by atoms with Crippen LogP contribution in [-0.4, -0.2) is 53.2 Å². The van der Waals surface area contributed by atoms with E-state index in [9.17, 15) is 4.79 Å². The normalized spacial score (nSPS) is 20.0. The van der Waals surface area contributed by atoms with Crippen LogP contribution in [0.4, 0.5) is 4.79 Å². The predicted octanol–water partition coefficient (Wildman–Crippen LogP) is 5.17. The molecule has 1 aliphatic carbocycles. The third-order valence-corrected chi connectivity index (χ3v) is 7.86. The molecule has 2 atom stereocenters. The zero-order valence-corrected chi connectivity index (χ0v) is 20.2. The fourth-order valence-electron chi connectivity index (χ4n) is 6.10. The summed E-state index contributed by atoms with van der Waals surface area (Å²) in [5, 5.41) is 1.39. The number of carbonyl (C=O) groups is 1. The number of piperidine rings is 1. The van der Waals surface area contributed by atoms with E-state index in [1.165, 1.54) is 47.2 Å². The van der Waals surface area contributed by atoms with Crippen LogP contribution in [0.5, 0.6) is 0 Å². The van der Waals surface area contributed by atoms with Crippen LogP contribution in [0.25, 0.3) is 10.9 Å². The molecule has 0 radical (unpaired) electrons. The van der Waals surface area contributed by atoms with Gasteiger partial charge in [0.1, 0.15) is 0 Å². The van der Waals surface area contributed by atoms with Gasteiger partial charge in [-0.1, -0.05) is 42.5 Å². The average Bonchev–Trinajstić information content (AvgIpc) is 3.13. The molecule has 0 bridgehead atoms.